The minimum atomic E-state index is -0.0722. The standard InChI is InChI=1S/C12H15BNO/c1-12(11-7-4-3-5-8-11)9-6-10-14(12)13-15-2/h3-9H,10H2,1-2H3. The molecule has 2 rings (SSSR count). The maximum atomic E-state index is 5.10. The predicted octanol–water partition coefficient (Wildman–Crippen LogP) is 1.95. The molecule has 1 aliphatic rings. The molecule has 1 atom stereocenters. The summed E-state index contributed by atoms with van der Waals surface area (Å²) in [4.78, 5) is 2.18. The molecule has 1 unspecified atom stereocenters. The fourth-order valence-electron chi connectivity index (χ4n) is 2.00. The maximum Gasteiger partial charge on any atom is 0.399 e. The van der Waals surface area contributed by atoms with E-state index in [1.807, 2.05) is 6.07 Å². The smallest absolute Gasteiger partial charge is 0.399 e. The van der Waals surface area contributed by atoms with Crippen molar-refractivity contribution in [1.29, 1.82) is 0 Å². The van der Waals surface area contributed by atoms with Crippen molar-refractivity contribution in [3.05, 3.63) is 48.0 Å². The largest absolute Gasteiger partial charge is 0.427 e. The van der Waals surface area contributed by atoms with Gasteiger partial charge in [-0.05, 0) is 12.5 Å². The van der Waals surface area contributed by atoms with Gasteiger partial charge >= 0.3 is 7.62 Å². The van der Waals surface area contributed by atoms with E-state index >= 15 is 0 Å². The second-order valence-corrected chi connectivity index (χ2v) is 3.91. The van der Waals surface area contributed by atoms with Crippen molar-refractivity contribution in [3.63, 3.8) is 0 Å². The first-order valence-electron chi connectivity index (χ1n) is 5.13. The molecule has 0 spiro atoms. The number of benzene rings is 1. The summed E-state index contributed by atoms with van der Waals surface area (Å²) in [6, 6.07) is 10.5. The average Bonchev–Trinajstić information content (AvgIpc) is 2.64. The summed E-state index contributed by atoms with van der Waals surface area (Å²) in [5.41, 5.74) is 1.21. The van der Waals surface area contributed by atoms with Crippen LogP contribution in [0.25, 0.3) is 0 Å². The first-order valence-corrected chi connectivity index (χ1v) is 5.13. The van der Waals surface area contributed by atoms with Gasteiger partial charge in [0.05, 0.1) is 5.54 Å². The molecular formula is C12H15BNO. The third kappa shape index (κ3) is 1.85. The van der Waals surface area contributed by atoms with Gasteiger partial charge in [-0.1, -0.05) is 42.5 Å². The lowest BCUT2D eigenvalue weighted by atomic mass is 9.88. The SMILES string of the molecule is CO[B]N1CC=CC1(C)c1ccccc1. The molecule has 0 N–H and O–H groups in total. The molecule has 3 heteroatoms. The number of hydrogen-bond donors (Lipinski definition) is 0. The summed E-state index contributed by atoms with van der Waals surface area (Å²) < 4.78 is 5.10. The molecule has 0 aliphatic carbocycles. The summed E-state index contributed by atoms with van der Waals surface area (Å²) in [6.07, 6.45) is 4.39. The molecule has 0 saturated heterocycles. The van der Waals surface area contributed by atoms with Crippen molar-refractivity contribution >= 4 is 7.62 Å². The Hall–Kier alpha value is -1.06. The van der Waals surface area contributed by atoms with E-state index in [-0.39, 0.29) is 5.54 Å². The lowest BCUT2D eigenvalue weighted by Gasteiger charge is -2.34. The van der Waals surface area contributed by atoms with Crippen molar-refractivity contribution < 1.29 is 4.65 Å². The van der Waals surface area contributed by atoms with Crippen LogP contribution >= 0.6 is 0 Å². The Kier molecular flexibility index (Phi) is 2.94. The zero-order chi connectivity index (χ0) is 10.7. The van der Waals surface area contributed by atoms with E-state index in [1.54, 1.807) is 14.7 Å². The van der Waals surface area contributed by atoms with Crippen LogP contribution in [0.15, 0.2) is 42.5 Å². The molecule has 0 aromatic heterocycles. The Morgan fingerprint density at radius 1 is 1.33 bits per heavy atom. The molecule has 1 heterocycles. The normalized spacial score (nSPS) is 25.7. The zero-order valence-corrected chi connectivity index (χ0v) is 9.18. The van der Waals surface area contributed by atoms with Crippen LogP contribution in [0.2, 0.25) is 0 Å². The van der Waals surface area contributed by atoms with E-state index in [9.17, 15) is 0 Å². The highest BCUT2D eigenvalue weighted by molar-refractivity contribution is 6.24. The lowest BCUT2D eigenvalue weighted by Crippen LogP contribution is -2.42. The van der Waals surface area contributed by atoms with Crippen molar-refractivity contribution in [2.75, 3.05) is 13.7 Å². The molecule has 2 nitrogen and oxygen atoms in total. The minimum Gasteiger partial charge on any atom is -0.427 e. The zero-order valence-electron chi connectivity index (χ0n) is 9.18. The molecule has 1 radical (unpaired) electrons. The molecule has 15 heavy (non-hydrogen) atoms. The minimum absolute atomic E-state index is 0.0722. The Bertz CT molecular complexity index is 352. The molecule has 1 aromatic rings. The highest BCUT2D eigenvalue weighted by Crippen LogP contribution is 2.32. The van der Waals surface area contributed by atoms with Crippen LogP contribution in [0.3, 0.4) is 0 Å². The number of hydrogen-bond acceptors (Lipinski definition) is 2. The van der Waals surface area contributed by atoms with E-state index in [2.05, 4.69) is 48.2 Å². The monoisotopic (exact) mass is 200 g/mol. The van der Waals surface area contributed by atoms with Gasteiger partial charge in [-0.15, -0.1) is 0 Å². The Balaban J connectivity index is 2.29. The molecule has 0 amide bonds. The first kappa shape index (κ1) is 10.5. The van der Waals surface area contributed by atoms with E-state index in [1.165, 1.54) is 5.56 Å². The molecular weight excluding hydrogens is 185 g/mol. The lowest BCUT2D eigenvalue weighted by molar-refractivity contribution is 0.264. The van der Waals surface area contributed by atoms with Crippen LogP contribution in [0.5, 0.6) is 0 Å². The number of nitrogens with zero attached hydrogens (tertiary/aromatic N) is 1. The second kappa shape index (κ2) is 4.21. The van der Waals surface area contributed by atoms with Crippen LogP contribution in [-0.4, -0.2) is 26.1 Å². The average molecular weight is 200 g/mol. The highest BCUT2D eigenvalue weighted by Gasteiger charge is 2.34. The van der Waals surface area contributed by atoms with Crippen molar-refractivity contribution in [3.8, 4) is 0 Å². The maximum absolute atomic E-state index is 5.10. The van der Waals surface area contributed by atoms with E-state index in [0.717, 1.165) is 6.54 Å². The van der Waals surface area contributed by atoms with Crippen LogP contribution in [0.4, 0.5) is 0 Å². The quantitative estimate of drug-likeness (QED) is 0.546. The third-order valence-electron chi connectivity index (χ3n) is 2.93. The Morgan fingerprint density at radius 2 is 2.07 bits per heavy atom. The van der Waals surface area contributed by atoms with Crippen LogP contribution in [0, 0.1) is 0 Å². The Labute approximate surface area is 91.8 Å². The van der Waals surface area contributed by atoms with E-state index in [0.29, 0.717) is 0 Å². The summed E-state index contributed by atoms with van der Waals surface area (Å²) in [5.74, 6) is 0. The summed E-state index contributed by atoms with van der Waals surface area (Å²) >= 11 is 0. The second-order valence-electron chi connectivity index (χ2n) is 3.91. The van der Waals surface area contributed by atoms with Gasteiger partial charge in [0.1, 0.15) is 0 Å². The molecule has 0 bridgehead atoms. The molecule has 1 aromatic carbocycles. The fourth-order valence-corrected chi connectivity index (χ4v) is 2.00. The van der Waals surface area contributed by atoms with Crippen molar-refractivity contribution in [2.45, 2.75) is 12.5 Å². The van der Waals surface area contributed by atoms with Gasteiger partial charge in [-0.25, -0.2) is 0 Å². The molecule has 0 fully saturated rings. The fraction of sp³-hybridized carbons (Fsp3) is 0.333. The van der Waals surface area contributed by atoms with Crippen LogP contribution < -0.4 is 0 Å². The first-order chi connectivity index (χ1) is 7.27. The van der Waals surface area contributed by atoms with Gasteiger partial charge in [0.15, 0.2) is 0 Å². The van der Waals surface area contributed by atoms with Gasteiger partial charge < -0.3 is 9.47 Å². The van der Waals surface area contributed by atoms with Crippen molar-refractivity contribution in [2.24, 2.45) is 0 Å². The summed E-state index contributed by atoms with van der Waals surface area (Å²) in [6.45, 7) is 3.10. The van der Waals surface area contributed by atoms with Crippen LogP contribution in [-0.2, 0) is 10.2 Å². The predicted molar refractivity (Wildman–Crippen MR) is 62.4 cm³/mol. The summed E-state index contributed by atoms with van der Waals surface area (Å²) in [5, 5.41) is 0. The van der Waals surface area contributed by atoms with Gasteiger partial charge in [0.25, 0.3) is 0 Å². The third-order valence-corrected chi connectivity index (χ3v) is 2.93. The van der Waals surface area contributed by atoms with E-state index in [4.69, 9.17) is 4.65 Å². The molecule has 0 saturated carbocycles. The molecule has 1 aliphatic heterocycles. The highest BCUT2D eigenvalue weighted by atomic mass is 16.4. The Morgan fingerprint density at radius 3 is 2.73 bits per heavy atom. The van der Waals surface area contributed by atoms with Gasteiger partial charge in [0, 0.05) is 13.7 Å². The number of rotatable bonds is 3. The van der Waals surface area contributed by atoms with Gasteiger partial charge in [-0.2, -0.15) is 0 Å². The van der Waals surface area contributed by atoms with Crippen molar-refractivity contribution in [1.82, 2.24) is 4.81 Å². The topological polar surface area (TPSA) is 12.5 Å². The molecule has 77 valence electrons. The summed E-state index contributed by atoms with van der Waals surface area (Å²) in [7, 11) is 3.47. The van der Waals surface area contributed by atoms with Crippen LogP contribution in [0.1, 0.15) is 12.5 Å². The van der Waals surface area contributed by atoms with Gasteiger partial charge in [-0.3, -0.25) is 0 Å². The van der Waals surface area contributed by atoms with E-state index < -0.39 is 0 Å². The van der Waals surface area contributed by atoms with Gasteiger partial charge in [0.2, 0.25) is 0 Å².